The van der Waals surface area contributed by atoms with Crippen molar-refractivity contribution >= 4 is 34.1 Å². The average molecular weight is 302 g/mol. The summed E-state index contributed by atoms with van der Waals surface area (Å²) in [6, 6.07) is 13.8. The molecule has 20 heavy (non-hydrogen) atoms. The highest BCUT2D eigenvalue weighted by atomic mass is 35.5. The van der Waals surface area contributed by atoms with Crippen molar-refractivity contribution in [3.63, 3.8) is 0 Å². The maximum absolute atomic E-state index is 6.11. The summed E-state index contributed by atoms with van der Waals surface area (Å²) in [4.78, 5) is 4.77. The summed E-state index contributed by atoms with van der Waals surface area (Å²) < 4.78 is 0. The van der Waals surface area contributed by atoms with E-state index in [1.54, 1.807) is 0 Å². The molecule has 0 aliphatic rings. The molecule has 0 aliphatic carbocycles. The third-order valence-corrected chi connectivity index (χ3v) is 4.39. The van der Waals surface area contributed by atoms with Crippen LogP contribution in [0.15, 0.2) is 42.5 Å². The fraction of sp³-hybridized carbons (Fsp3) is 0.118. The summed E-state index contributed by atoms with van der Waals surface area (Å²) in [6.45, 7) is 4.22. The molecule has 2 aromatic carbocycles. The molecule has 3 aromatic rings. The van der Waals surface area contributed by atoms with E-state index in [2.05, 4.69) is 19.9 Å². The molecule has 0 atom stereocenters. The second-order valence-electron chi connectivity index (χ2n) is 4.86. The van der Waals surface area contributed by atoms with Crippen molar-refractivity contribution in [1.82, 2.24) is 4.98 Å². The first-order valence-corrected chi connectivity index (χ1v) is 7.15. The van der Waals surface area contributed by atoms with E-state index in [1.807, 2.05) is 36.4 Å². The fourth-order valence-corrected chi connectivity index (χ4v) is 2.69. The molecule has 0 aliphatic heterocycles. The number of aromatic nitrogens is 1. The number of para-hydroxylation sites is 1. The van der Waals surface area contributed by atoms with Crippen LogP contribution in [0, 0.1) is 13.8 Å². The molecule has 0 bridgehead atoms. The largest absolute Gasteiger partial charge is 0.247 e. The van der Waals surface area contributed by atoms with E-state index in [9.17, 15) is 0 Å². The Hall–Kier alpha value is -1.57. The predicted molar refractivity (Wildman–Crippen MR) is 86.7 cm³/mol. The summed E-state index contributed by atoms with van der Waals surface area (Å²) in [7, 11) is 0. The molecule has 100 valence electrons. The van der Waals surface area contributed by atoms with Crippen molar-refractivity contribution in [2.24, 2.45) is 0 Å². The van der Waals surface area contributed by atoms with Gasteiger partial charge in [-0.1, -0.05) is 47.5 Å². The Morgan fingerprint density at radius 3 is 2.35 bits per heavy atom. The van der Waals surface area contributed by atoms with Crippen LogP contribution in [0.2, 0.25) is 10.0 Å². The lowest BCUT2D eigenvalue weighted by Gasteiger charge is -2.12. The van der Waals surface area contributed by atoms with E-state index in [0.717, 1.165) is 16.8 Å². The van der Waals surface area contributed by atoms with Crippen LogP contribution in [0.4, 0.5) is 0 Å². The molecule has 0 radical (unpaired) electrons. The summed E-state index contributed by atoms with van der Waals surface area (Å²) in [6.07, 6.45) is 0. The Kier molecular flexibility index (Phi) is 3.41. The molecule has 0 N–H and O–H groups in total. The minimum absolute atomic E-state index is 0.552. The first-order chi connectivity index (χ1) is 9.58. The lowest BCUT2D eigenvalue weighted by molar-refractivity contribution is 1.28. The van der Waals surface area contributed by atoms with Crippen LogP contribution in [0.3, 0.4) is 0 Å². The van der Waals surface area contributed by atoms with Gasteiger partial charge in [-0.05, 0) is 43.2 Å². The number of aryl methyl sites for hydroxylation is 1. The van der Waals surface area contributed by atoms with Crippen molar-refractivity contribution in [3.8, 4) is 11.3 Å². The maximum Gasteiger partial charge on any atom is 0.0742 e. The van der Waals surface area contributed by atoms with Crippen LogP contribution in [-0.2, 0) is 0 Å². The molecule has 3 heteroatoms. The van der Waals surface area contributed by atoms with Gasteiger partial charge in [0.25, 0.3) is 0 Å². The molecule has 1 aromatic heterocycles. The molecule has 3 rings (SSSR count). The zero-order valence-corrected chi connectivity index (χ0v) is 12.8. The smallest absolute Gasteiger partial charge is 0.0742 e. The highest BCUT2D eigenvalue weighted by molar-refractivity contribution is 6.42. The summed E-state index contributed by atoms with van der Waals surface area (Å²) >= 11 is 12.1. The van der Waals surface area contributed by atoms with Crippen LogP contribution >= 0.6 is 23.2 Å². The Morgan fingerprint density at radius 1 is 0.850 bits per heavy atom. The Bertz CT molecular complexity index is 809. The Labute approximate surface area is 128 Å². The second kappa shape index (κ2) is 5.08. The normalized spacial score (nSPS) is 11.0. The van der Waals surface area contributed by atoms with Crippen molar-refractivity contribution < 1.29 is 0 Å². The van der Waals surface area contributed by atoms with Gasteiger partial charge < -0.3 is 0 Å². The molecule has 0 spiro atoms. The van der Waals surface area contributed by atoms with E-state index >= 15 is 0 Å². The van der Waals surface area contributed by atoms with Gasteiger partial charge in [0.05, 0.1) is 21.3 Å². The second-order valence-corrected chi connectivity index (χ2v) is 5.67. The van der Waals surface area contributed by atoms with Crippen LogP contribution < -0.4 is 0 Å². The van der Waals surface area contributed by atoms with Crippen LogP contribution in [0.5, 0.6) is 0 Å². The molecule has 0 amide bonds. The van der Waals surface area contributed by atoms with Crippen molar-refractivity contribution in [3.05, 3.63) is 63.6 Å². The average Bonchev–Trinajstić information content (AvgIpc) is 2.46. The quantitative estimate of drug-likeness (QED) is 0.551. The van der Waals surface area contributed by atoms with Gasteiger partial charge in [-0.3, -0.25) is 0 Å². The van der Waals surface area contributed by atoms with Gasteiger partial charge in [-0.25, -0.2) is 4.98 Å². The minimum Gasteiger partial charge on any atom is -0.247 e. The Balaban J connectivity index is 2.30. The van der Waals surface area contributed by atoms with Crippen molar-refractivity contribution in [1.29, 1.82) is 0 Å². The summed E-state index contributed by atoms with van der Waals surface area (Å²) in [5.74, 6) is 0. The van der Waals surface area contributed by atoms with Crippen LogP contribution in [-0.4, -0.2) is 4.98 Å². The fourth-order valence-electron chi connectivity index (χ4n) is 2.40. The van der Waals surface area contributed by atoms with E-state index < -0.39 is 0 Å². The SMILES string of the molecule is Cc1c(-c2ccc(Cl)c(Cl)c2)nc2ccccc2c1C. The van der Waals surface area contributed by atoms with Crippen molar-refractivity contribution in [2.45, 2.75) is 13.8 Å². The molecule has 0 fully saturated rings. The van der Waals surface area contributed by atoms with E-state index in [1.165, 1.54) is 16.5 Å². The first-order valence-electron chi connectivity index (χ1n) is 6.39. The topological polar surface area (TPSA) is 12.9 Å². The van der Waals surface area contributed by atoms with Gasteiger partial charge in [-0.2, -0.15) is 0 Å². The van der Waals surface area contributed by atoms with E-state index in [-0.39, 0.29) is 0 Å². The lowest BCUT2D eigenvalue weighted by Crippen LogP contribution is -1.94. The molecule has 0 saturated heterocycles. The number of halogens is 2. The molecule has 1 nitrogen and oxygen atoms in total. The van der Waals surface area contributed by atoms with Crippen molar-refractivity contribution in [2.75, 3.05) is 0 Å². The molecular formula is C17H13Cl2N. The van der Waals surface area contributed by atoms with Crippen LogP contribution in [0.1, 0.15) is 11.1 Å². The lowest BCUT2D eigenvalue weighted by atomic mass is 9.99. The zero-order valence-electron chi connectivity index (χ0n) is 11.2. The van der Waals surface area contributed by atoms with Gasteiger partial charge in [0, 0.05) is 10.9 Å². The number of hydrogen-bond donors (Lipinski definition) is 0. The van der Waals surface area contributed by atoms with Gasteiger partial charge in [-0.15, -0.1) is 0 Å². The van der Waals surface area contributed by atoms with E-state index in [4.69, 9.17) is 28.2 Å². The highest BCUT2D eigenvalue weighted by Gasteiger charge is 2.11. The molecule has 0 saturated carbocycles. The maximum atomic E-state index is 6.11. The van der Waals surface area contributed by atoms with Crippen LogP contribution in [0.25, 0.3) is 22.2 Å². The predicted octanol–water partition coefficient (Wildman–Crippen LogP) is 5.83. The van der Waals surface area contributed by atoms with Gasteiger partial charge >= 0.3 is 0 Å². The highest BCUT2D eigenvalue weighted by Crippen LogP contribution is 2.32. The number of pyridine rings is 1. The molecule has 0 unspecified atom stereocenters. The molecule has 1 heterocycles. The number of nitrogens with zero attached hydrogens (tertiary/aromatic N) is 1. The number of rotatable bonds is 1. The van der Waals surface area contributed by atoms with E-state index in [0.29, 0.717) is 10.0 Å². The van der Waals surface area contributed by atoms with Gasteiger partial charge in [0.2, 0.25) is 0 Å². The van der Waals surface area contributed by atoms with Gasteiger partial charge in [0.15, 0.2) is 0 Å². The standard InChI is InChI=1S/C17H13Cl2N/c1-10-11(2)17(12-7-8-14(18)15(19)9-12)20-16-6-4-3-5-13(10)16/h3-9H,1-2H3. The minimum atomic E-state index is 0.552. The number of hydrogen-bond acceptors (Lipinski definition) is 1. The van der Waals surface area contributed by atoms with Gasteiger partial charge in [0.1, 0.15) is 0 Å². The third kappa shape index (κ3) is 2.17. The molecular weight excluding hydrogens is 289 g/mol. The number of benzene rings is 2. The number of fused-ring (bicyclic) bond motifs is 1. The third-order valence-electron chi connectivity index (χ3n) is 3.65. The summed E-state index contributed by atoms with van der Waals surface area (Å²) in [5, 5.41) is 2.30. The summed E-state index contributed by atoms with van der Waals surface area (Å²) in [5.41, 5.74) is 5.36. The zero-order chi connectivity index (χ0) is 14.3. The first kappa shape index (κ1) is 13.4. The Morgan fingerprint density at radius 2 is 1.60 bits per heavy atom. The monoisotopic (exact) mass is 301 g/mol.